The third-order valence-electron chi connectivity index (χ3n) is 7.70. The van der Waals surface area contributed by atoms with E-state index in [-0.39, 0.29) is 5.91 Å². The molecule has 1 saturated carbocycles. The van der Waals surface area contributed by atoms with Gasteiger partial charge in [-0.3, -0.25) is 9.69 Å². The summed E-state index contributed by atoms with van der Waals surface area (Å²) in [5.41, 5.74) is 4.57. The van der Waals surface area contributed by atoms with Crippen LogP contribution in [0.15, 0.2) is 92.6 Å². The van der Waals surface area contributed by atoms with Crippen LogP contribution in [0.25, 0.3) is 0 Å². The SMILES string of the molecule is CCN1/C(=C2/SC(=Nc3ccc(C4CCCCC4)cc3)N(CCc3ccccc3)C2=O)Sc2ccc(Cl)cc21. The molecule has 3 aromatic rings. The molecule has 0 spiro atoms. The molecule has 0 bridgehead atoms. The zero-order valence-corrected chi connectivity index (χ0v) is 24.5. The number of anilines is 1. The number of aliphatic imine (C=N–C) groups is 1. The lowest BCUT2D eigenvalue weighted by atomic mass is 9.84. The van der Waals surface area contributed by atoms with Crippen LogP contribution >= 0.6 is 35.1 Å². The van der Waals surface area contributed by atoms with Crippen molar-refractivity contribution in [3.05, 3.63) is 98.9 Å². The van der Waals surface area contributed by atoms with Crippen LogP contribution in [0.1, 0.15) is 56.1 Å². The maximum Gasteiger partial charge on any atom is 0.269 e. The Hall–Kier alpha value is -2.67. The lowest BCUT2D eigenvalue weighted by molar-refractivity contribution is -0.122. The molecule has 1 saturated heterocycles. The molecular formula is C32H32ClN3OS2. The van der Waals surface area contributed by atoms with Gasteiger partial charge in [0.1, 0.15) is 9.93 Å². The summed E-state index contributed by atoms with van der Waals surface area (Å²) in [4.78, 5) is 24.9. The van der Waals surface area contributed by atoms with Crippen molar-refractivity contribution in [2.45, 2.75) is 56.3 Å². The molecule has 0 unspecified atom stereocenters. The number of thioether (sulfide) groups is 2. The average Bonchev–Trinajstić information content (AvgIpc) is 3.49. The van der Waals surface area contributed by atoms with Gasteiger partial charge in [-0.25, -0.2) is 4.99 Å². The highest BCUT2D eigenvalue weighted by Crippen LogP contribution is 2.51. The maximum absolute atomic E-state index is 14.0. The minimum absolute atomic E-state index is 0.0216. The van der Waals surface area contributed by atoms with Crippen molar-refractivity contribution in [1.29, 1.82) is 0 Å². The summed E-state index contributed by atoms with van der Waals surface area (Å²) in [6.45, 7) is 3.45. The average molecular weight is 574 g/mol. The highest BCUT2D eigenvalue weighted by molar-refractivity contribution is 8.19. The van der Waals surface area contributed by atoms with Crippen molar-refractivity contribution in [1.82, 2.24) is 4.90 Å². The molecule has 3 aromatic carbocycles. The van der Waals surface area contributed by atoms with E-state index in [1.54, 1.807) is 11.8 Å². The van der Waals surface area contributed by atoms with E-state index >= 15 is 0 Å². The van der Waals surface area contributed by atoms with Crippen molar-refractivity contribution in [2.24, 2.45) is 4.99 Å². The second kappa shape index (κ2) is 11.8. The smallest absolute Gasteiger partial charge is 0.269 e. The number of carbonyl (C=O) groups excluding carboxylic acids is 1. The Morgan fingerprint density at radius 3 is 2.44 bits per heavy atom. The Morgan fingerprint density at radius 2 is 1.69 bits per heavy atom. The largest absolute Gasteiger partial charge is 0.334 e. The van der Waals surface area contributed by atoms with E-state index in [4.69, 9.17) is 16.6 Å². The van der Waals surface area contributed by atoms with Gasteiger partial charge in [0.2, 0.25) is 0 Å². The molecule has 0 atom stereocenters. The van der Waals surface area contributed by atoms with E-state index in [1.807, 2.05) is 41.3 Å². The zero-order valence-electron chi connectivity index (χ0n) is 22.1. The summed E-state index contributed by atoms with van der Waals surface area (Å²) >= 11 is 9.46. The molecule has 2 fully saturated rings. The Balaban J connectivity index is 1.32. The summed E-state index contributed by atoms with van der Waals surface area (Å²) < 4.78 is 0. The molecule has 1 amide bonds. The van der Waals surface area contributed by atoms with Gasteiger partial charge >= 0.3 is 0 Å². The van der Waals surface area contributed by atoms with Crippen LogP contribution in [-0.4, -0.2) is 29.1 Å². The summed E-state index contributed by atoms with van der Waals surface area (Å²) in [6, 6.07) is 25.0. The molecule has 39 heavy (non-hydrogen) atoms. The first-order chi connectivity index (χ1) is 19.1. The van der Waals surface area contributed by atoms with E-state index in [2.05, 4.69) is 48.2 Å². The van der Waals surface area contributed by atoms with Crippen molar-refractivity contribution >= 4 is 57.6 Å². The fraction of sp³-hybridized carbons (Fsp3) is 0.312. The zero-order chi connectivity index (χ0) is 26.8. The first kappa shape index (κ1) is 26.5. The van der Waals surface area contributed by atoms with Gasteiger partial charge in [0, 0.05) is 23.0 Å². The molecule has 2 aliphatic heterocycles. The predicted molar refractivity (Wildman–Crippen MR) is 166 cm³/mol. The molecule has 0 aromatic heterocycles. The standard InChI is InChI=1S/C32H32ClN3OS2/c1-2-35-27-21-25(33)15-18-28(27)38-31(35)29-30(37)36(20-19-22-9-5-3-6-10-22)32(39-29)34-26-16-13-24(14-17-26)23-11-7-4-8-12-23/h3,5-6,9-10,13-18,21,23H,2,4,7-8,11-12,19-20H2,1H3/b31-29-,34-32?. The van der Waals surface area contributed by atoms with Gasteiger partial charge in [-0.15, -0.1) is 0 Å². The quantitative estimate of drug-likeness (QED) is 0.276. The molecule has 2 heterocycles. The topological polar surface area (TPSA) is 35.9 Å². The van der Waals surface area contributed by atoms with Crippen LogP contribution in [0.4, 0.5) is 11.4 Å². The summed E-state index contributed by atoms with van der Waals surface area (Å²) in [6.07, 6.45) is 7.34. The summed E-state index contributed by atoms with van der Waals surface area (Å²) in [7, 11) is 0. The van der Waals surface area contributed by atoms with Crippen molar-refractivity contribution in [3.8, 4) is 0 Å². The summed E-state index contributed by atoms with van der Waals surface area (Å²) in [5.74, 6) is 0.685. The molecule has 3 aliphatic rings. The number of benzene rings is 3. The van der Waals surface area contributed by atoms with E-state index in [0.717, 1.165) is 44.3 Å². The molecule has 200 valence electrons. The molecule has 0 N–H and O–H groups in total. The van der Waals surface area contributed by atoms with E-state index < -0.39 is 0 Å². The van der Waals surface area contributed by atoms with Crippen molar-refractivity contribution in [3.63, 3.8) is 0 Å². The number of amidine groups is 1. The number of hydrogen-bond donors (Lipinski definition) is 0. The number of nitrogens with zero attached hydrogens (tertiary/aromatic N) is 3. The van der Waals surface area contributed by atoms with E-state index in [9.17, 15) is 4.79 Å². The van der Waals surface area contributed by atoms with Gasteiger partial charge in [0.05, 0.1) is 11.4 Å². The van der Waals surface area contributed by atoms with E-state index in [0.29, 0.717) is 17.5 Å². The summed E-state index contributed by atoms with van der Waals surface area (Å²) in [5, 5.41) is 2.41. The number of rotatable bonds is 6. The number of fused-ring (bicyclic) bond motifs is 1. The van der Waals surface area contributed by atoms with E-state index in [1.165, 1.54) is 55.0 Å². The molecular weight excluding hydrogens is 542 g/mol. The minimum Gasteiger partial charge on any atom is -0.334 e. The second-order valence-electron chi connectivity index (χ2n) is 10.2. The number of hydrogen-bond acceptors (Lipinski definition) is 5. The molecule has 1 aliphatic carbocycles. The van der Waals surface area contributed by atoms with Crippen LogP contribution in [0.3, 0.4) is 0 Å². The first-order valence-electron chi connectivity index (χ1n) is 13.8. The maximum atomic E-state index is 14.0. The first-order valence-corrected chi connectivity index (χ1v) is 15.8. The Morgan fingerprint density at radius 1 is 0.923 bits per heavy atom. The van der Waals surface area contributed by atoms with Crippen LogP contribution < -0.4 is 4.90 Å². The van der Waals surface area contributed by atoms with Crippen LogP contribution in [0, 0.1) is 0 Å². The number of halogens is 1. The van der Waals surface area contributed by atoms with Crippen LogP contribution in [-0.2, 0) is 11.2 Å². The van der Waals surface area contributed by atoms with Gasteiger partial charge in [0.15, 0.2) is 5.17 Å². The Bertz CT molecular complexity index is 1420. The van der Waals surface area contributed by atoms with Gasteiger partial charge in [-0.2, -0.15) is 0 Å². The van der Waals surface area contributed by atoms with Gasteiger partial charge < -0.3 is 4.90 Å². The van der Waals surface area contributed by atoms with Gasteiger partial charge in [-0.05, 0) is 85.3 Å². The monoisotopic (exact) mass is 573 g/mol. The molecule has 6 rings (SSSR count). The predicted octanol–water partition coefficient (Wildman–Crippen LogP) is 8.99. The van der Waals surface area contributed by atoms with Crippen LogP contribution in [0.5, 0.6) is 0 Å². The van der Waals surface area contributed by atoms with Crippen molar-refractivity contribution < 1.29 is 4.79 Å². The normalized spacial score (nSPS) is 20.8. The van der Waals surface area contributed by atoms with Gasteiger partial charge in [-0.1, -0.05) is 85.1 Å². The Kier molecular flexibility index (Phi) is 8.05. The molecule has 4 nitrogen and oxygen atoms in total. The molecule has 7 heteroatoms. The molecule has 0 radical (unpaired) electrons. The number of amides is 1. The third kappa shape index (κ3) is 5.65. The fourth-order valence-electron chi connectivity index (χ4n) is 5.61. The fourth-order valence-corrected chi connectivity index (χ4v) is 8.17. The lowest BCUT2D eigenvalue weighted by Gasteiger charge is -2.22. The lowest BCUT2D eigenvalue weighted by Crippen LogP contribution is -2.32. The number of carbonyl (C=O) groups is 1. The highest BCUT2D eigenvalue weighted by atomic mass is 35.5. The Labute approximate surface area is 244 Å². The van der Waals surface area contributed by atoms with Gasteiger partial charge in [0.25, 0.3) is 5.91 Å². The minimum atomic E-state index is 0.0216. The van der Waals surface area contributed by atoms with Crippen LogP contribution in [0.2, 0.25) is 5.02 Å². The highest BCUT2D eigenvalue weighted by Gasteiger charge is 2.39. The third-order valence-corrected chi connectivity index (χ3v) is 10.3. The second-order valence-corrected chi connectivity index (χ2v) is 12.7. The van der Waals surface area contributed by atoms with Crippen molar-refractivity contribution in [2.75, 3.05) is 18.0 Å².